The van der Waals surface area contributed by atoms with E-state index < -0.39 is 11.9 Å². The molecule has 0 aliphatic carbocycles. The third-order valence-corrected chi connectivity index (χ3v) is 3.33. The summed E-state index contributed by atoms with van der Waals surface area (Å²) < 4.78 is 43.8. The Bertz CT molecular complexity index is 508. The molecule has 0 fully saturated rings. The highest BCUT2D eigenvalue weighted by atomic mass is 19.4. The van der Waals surface area contributed by atoms with Crippen molar-refractivity contribution in [2.24, 2.45) is 0 Å². The van der Waals surface area contributed by atoms with Crippen LogP contribution in [0.5, 0.6) is 6.01 Å². The fourth-order valence-electron chi connectivity index (χ4n) is 2.01. The van der Waals surface area contributed by atoms with Crippen LogP contribution in [0.2, 0.25) is 0 Å². The van der Waals surface area contributed by atoms with E-state index in [1.54, 1.807) is 6.08 Å². The first-order chi connectivity index (χ1) is 11.2. The van der Waals surface area contributed by atoms with Crippen molar-refractivity contribution in [2.45, 2.75) is 25.1 Å². The summed E-state index contributed by atoms with van der Waals surface area (Å²) in [4.78, 5) is 11.4. The molecule has 1 rings (SSSR count). The molecule has 0 spiro atoms. The molecule has 0 saturated heterocycles. The number of nitrogens with zero attached hydrogens (tertiary/aromatic N) is 4. The van der Waals surface area contributed by atoms with Crippen molar-refractivity contribution in [3.63, 3.8) is 0 Å². The van der Waals surface area contributed by atoms with Crippen molar-refractivity contribution < 1.29 is 17.9 Å². The van der Waals surface area contributed by atoms with E-state index in [4.69, 9.17) is 4.74 Å². The summed E-state index contributed by atoms with van der Waals surface area (Å²) in [7, 11) is 5.91. The van der Waals surface area contributed by atoms with Gasteiger partial charge in [0.2, 0.25) is 0 Å². The van der Waals surface area contributed by atoms with Crippen LogP contribution in [0.4, 0.5) is 13.2 Å². The number of ether oxygens (including phenoxy) is 1. The monoisotopic (exact) mass is 346 g/mol. The van der Waals surface area contributed by atoms with Gasteiger partial charge in [0, 0.05) is 25.8 Å². The molecule has 0 aliphatic heterocycles. The maximum atomic E-state index is 12.7. The lowest BCUT2D eigenvalue weighted by Crippen LogP contribution is -2.37. The van der Waals surface area contributed by atoms with Crippen LogP contribution in [0.1, 0.15) is 18.5 Å². The molecule has 0 aliphatic rings. The molecule has 0 saturated carbocycles. The second-order valence-electron chi connectivity index (χ2n) is 5.89. The Labute approximate surface area is 141 Å². The van der Waals surface area contributed by atoms with E-state index in [-0.39, 0.29) is 12.1 Å². The SMILES string of the molecule is C=CCC[C@H](CN(C)CCN(C)C)Oc1nccc(C(F)(F)F)n1. The molecule has 136 valence electrons. The third kappa shape index (κ3) is 7.74. The number of likely N-dealkylation sites (N-methyl/N-ethyl adjacent to an activating group) is 2. The van der Waals surface area contributed by atoms with Crippen LogP contribution in [0.15, 0.2) is 24.9 Å². The standard InChI is InChI=1S/C16H25F3N4O/c1-5-6-7-13(12-23(4)11-10-22(2)3)24-15-20-9-8-14(21-15)16(17,18)19/h5,8-9,13H,1,6-7,10-12H2,2-4H3/t13-/m1/s1. The minimum atomic E-state index is -4.51. The van der Waals surface area contributed by atoms with Gasteiger partial charge in [0.05, 0.1) is 0 Å². The average Bonchev–Trinajstić information content (AvgIpc) is 2.50. The fourth-order valence-corrected chi connectivity index (χ4v) is 2.01. The Morgan fingerprint density at radius 1 is 1.29 bits per heavy atom. The van der Waals surface area contributed by atoms with Gasteiger partial charge < -0.3 is 14.5 Å². The lowest BCUT2D eigenvalue weighted by molar-refractivity contribution is -0.141. The van der Waals surface area contributed by atoms with Crippen LogP contribution in [0, 0.1) is 0 Å². The van der Waals surface area contributed by atoms with Crippen molar-refractivity contribution in [1.82, 2.24) is 19.8 Å². The van der Waals surface area contributed by atoms with Gasteiger partial charge in [-0.25, -0.2) is 4.98 Å². The van der Waals surface area contributed by atoms with E-state index in [1.807, 2.05) is 21.1 Å². The van der Waals surface area contributed by atoms with Crippen molar-refractivity contribution >= 4 is 0 Å². The summed E-state index contributed by atoms with van der Waals surface area (Å²) in [5, 5.41) is 0. The third-order valence-electron chi connectivity index (χ3n) is 3.33. The zero-order valence-electron chi connectivity index (χ0n) is 14.4. The van der Waals surface area contributed by atoms with Gasteiger partial charge in [-0.3, -0.25) is 0 Å². The number of hydrogen-bond acceptors (Lipinski definition) is 5. The first-order valence-electron chi connectivity index (χ1n) is 7.73. The van der Waals surface area contributed by atoms with Gasteiger partial charge in [-0.2, -0.15) is 18.2 Å². The maximum absolute atomic E-state index is 12.7. The number of alkyl halides is 3. The maximum Gasteiger partial charge on any atom is 0.433 e. The Kier molecular flexibility index (Phi) is 8.14. The van der Waals surface area contributed by atoms with Crippen LogP contribution >= 0.6 is 0 Å². The van der Waals surface area contributed by atoms with E-state index >= 15 is 0 Å². The topological polar surface area (TPSA) is 41.5 Å². The summed E-state index contributed by atoms with van der Waals surface area (Å²) in [6.07, 6.45) is -0.673. The first kappa shape index (κ1) is 20.4. The van der Waals surface area contributed by atoms with Crippen LogP contribution < -0.4 is 4.74 Å². The van der Waals surface area contributed by atoms with Gasteiger partial charge in [-0.1, -0.05) is 6.08 Å². The highest BCUT2D eigenvalue weighted by molar-refractivity contribution is 5.09. The smallest absolute Gasteiger partial charge is 0.433 e. The Morgan fingerprint density at radius 2 is 2.00 bits per heavy atom. The van der Waals surface area contributed by atoms with Gasteiger partial charge in [0.25, 0.3) is 0 Å². The number of aromatic nitrogens is 2. The molecule has 0 radical (unpaired) electrons. The molecule has 5 nitrogen and oxygen atoms in total. The second kappa shape index (κ2) is 9.58. The summed E-state index contributed by atoms with van der Waals surface area (Å²) in [6, 6.07) is 0.578. The Hall–Kier alpha value is -1.67. The van der Waals surface area contributed by atoms with Crippen LogP contribution in [-0.4, -0.2) is 66.6 Å². The second-order valence-corrected chi connectivity index (χ2v) is 5.89. The predicted octanol–water partition coefficient (Wildman–Crippen LogP) is 2.70. The highest BCUT2D eigenvalue weighted by Gasteiger charge is 2.33. The highest BCUT2D eigenvalue weighted by Crippen LogP contribution is 2.28. The molecule has 1 atom stereocenters. The summed E-state index contributed by atoms with van der Waals surface area (Å²) in [5.41, 5.74) is -1.00. The lowest BCUT2D eigenvalue weighted by atomic mass is 10.2. The van der Waals surface area contributed by atoms with Gasteiger partial charge in [0.1, 0.15) is 6.10 Å². The van der Waals surface area contributed by atoms with Gasteiger partial charge in [-0.15, -0.1) is 6.58 Å². The lowest BCUT2D eigenvalue weighted by Gasteiger charge is -2.25. The normalized spacial score (nSPS) is 13.3. The molecule has 24 heavy (non-hydrogen) atoms. The molecule has 8 heteroatoms. The van der Waals surface area contributed by atoms with Crippen LogP contribution in [0.3, 0.4) is 0 Å². The first-order valence-corrected chi connectivity index (χ1v) is 7.73. The Balaban J connectivity index is 2.73. The van der Waals surface area contributed by atoms with Crippen molar-refractivity contribution in [3.8, 4) is 6.01 Å². The fraction of sp³-hybridized carbons (Fsp3) is 0.625. The summed E-state index contributed by atoms with van der Waals surface area (Å²) >= 11 is 0. The molecule has 0 amide bonds. The molecular formula is C16H25F3N4O. The quantitative estimate of drug-likeness (QED) is 0.610. The van der Waals surface area contributed by atoms with Crippen LogP contribution in [0.25, 0.3) is 0 Å². The molecule has 0 bridgehead atoms. The molecular weight excluding hydrogens is 321 g/mol. The number of halogens is 3. The van der Waals surface area contributed by atoms with E-state index in [0.29, 0.717) is 19.4 Å². The molecule has 1 aromatic heterocycles. The van der Waals surface area contributed by atoms with E-state index in [2.05, 4.69) is 26.3 Å². The number of rotatable bonds is 10. The van der Waals surface area contributed by atoms with Gasteiger partial charge >= 0.3 is 12.2 Å². The predicted molar refractivity (Wildman–Crippen MR) is 86.9 cm³/mol. The molecule has 1 heterocycles. The zero-order chi connectivity index (χ0) is 18.2. The molecule has 1 aromatic rings. The van der Waals surface area contributed by atoms with Crippen molar-refractivity contribution in [2.75, 3.05) is 40.8 Å². The minimum Gasteiger partial charge on any atom is -0.459 e. The minimum absolute atomic E-state index is 0.250. The largest absolute Gasteiger partial charge is 0.459 e. The van der Waals surface area contributed by atoms with E-state index in [1.165, 1.54) is 0 Å². The zero-order valence-corrected chi connectivity index (χ0v) is 14.4. The van der Waals surface area contributed by atoms with E-state index in [0.717, 1.165) is 25.4 Å². The van der Waals surface area contributed by atoms with Crippen molar-refractivity contribution in [1.29, 1.82) is 0 Å². The van der Waals surface area contributed by atoms with Gasteiger partial charge in [-0.05, 0) is 40.1 Å². The molecule has 0 unspecified atom stereocenters. The molecule has 0 aromatic carbocycles. The number of hydrogen-bond donors (Lipinski definition) is 0. The molecule has 0 N–H and O–H groups in total. The van der Waals surface area contributed by atoms with Gasteiger partial charge in [0.15, 0.2) is 5.69 Å². The van der Waals surface area contributed by atoms with Crippen molar-refractivity contribution in [3.05, 3.63) is 30.6 Å². The van der Waals surface area contributed by atoms with Crippen LogP contribution in [-0.2, 0) is 6.18 Å². The average molecular weight is 346 g/mol. The summed E-state index contributed by atoms with van der Waals surface area (Å²) in [6.45, 7) is 5.94. The summed E-state index contributed by atoms with van der Waals surface area (Å²) in [5.74, 6) is 0. The number of allylic oxidation sites excluding steroid dienone is 1. The van der Waals surface area contributed by atoms with E-state index in [9.17, 15) is 13.2 Å². The Morgan fingerprint density at radius 3 is 2.58 bits per heavy atom.